The maximum Gasteiger partial charge on any atom is 0.172 e. The molecule has 0 spiro atoms. The Morgan fingerprint density at radius 3 is 2.76 bits per heavy atom. The van der Waals surface area contributed by atoms with Crippen LogP contribution in [-0.4, -0.2) is 17.2 Å². The summed E-state index contributed by atoms with van der Waals surface area (Å²) in [6.07, 6.45) is 1.72. The molecule has 2 aromatic carbocycles. The van der Waals surface area contributed by atoms with E-state index in [2.05, 4.69) is 27.0 Å². The summed E-state index contributed by atoms with van der Waals surface area (Å²) in [5, 5.41) is 22.0. The lowest BCUT2D eigenvalue weighted by atomic mass is 10.1. The number of phenols is 1. The maximum absolute atomic E-state index is 9.89. The van der Waals surface area contributed by atoms with E-state index in [1.165, 1.54) is 18.4 Å². The summed E-state index contributed by atoms with van der Waals surface area (Å²) in [5.41, 5.74) is 3.03. The molecule has 0 aliphatic rings. The first-order chi connectivity index (χ1) is 12.1. The normalized spacial score (nSPS) is 11.2. The zero-order valence-corrected chi connectivity index (χ0v) is 15.6. The van der Waals surface area contributed by atoms with Crippen LogP contribution in [0.25, 0.3) is 22.9 Å². The van der Waals surface area contributed by atoms with Crippen LogP contribution in [0.4, 0.5) is 0 Å². The number of rotatable bonds is 4. The van der Waals surface area contributed by atoms with Gasteiger partial charge in [0.2, 0.25) is 0 Å². The van der Waals surface area contributed by atoms with Crippen LogP contribution in [0.5, 0.6) is 11.5 Å². The Balaban J connectivity index is 1.99. The van der Waals surface area contributed by atoms with Crippen LogP contribution >= 0.6 is 27.3 Å². The standard InChI is InChI=1S/C19H13BrN2O2S/c1-24-17-9-12(8-15(20)18(17)23)7-14(10-21)19-22-16(11-25-19)13-5-3-2-4-6-13/h2-9,11,23H,1H3. The molecule has 124 valence electrons. The van der Waals surface area contributed by atoms with E-state index >= 15 is 0 Å². The van der Waals surface area contributed by atoms with E-state index in [9.17, 15) is 10.4 Å². The smallest absolute Gasteiger partial charge is 0.172 e. The Kier molecular flexibility index (Phi) is 5.17. The summed E-state index contributed by atoms with van der Waals surface area (Å²) >= 11 is 4.70. The van der Waals surface area contributed by atoms with E-state index in [0.717, 1.165) is 16.8 Å². The molecular weight excluding hydrogens is 400 g/mol. The highest BCUT2D eigenvalue weighted by Gasteiger charge is 2.11. The van der Waals surface area contributed by atoms with Crippen LogP contribution in [0.3, 0.4) is 0 Å². The summed E-state index contributed by atoms with van der Waals surface area (Å²) in [5.74, 6) is 0.362. The number of allylic oxidation sites excluding steroid dienone is 1. The monoisotopic (exact) mass is 412 g/mol. The van der Waals surface area contributed by atoms with Gasteiger partial charge in [-0.25, -0.2) is 4.98 Å². The van der Waals surface area contributed by atoms with Crippen LogP contribution in [0, 0.1) is 11.3 Å². The van der Waals surface area contributed by atoms with Gasteiger partial charge in [-0.1, -0.05) is 30.3 Å². The van der Waals surface area contributed by atoms with E-state index in [1.807, 2.05) is 35.7 Å². The quantitative estimate of drug-likeness (QED) is 0.586. The molecule has 0 radical (unpaired) electrons. The third kappa shape index (κ3) is 3.73. The Labute approximate surface area is 157 Å². The summed E-state index contributed by atoms with van der Waals surface area (Å²) in [6, 6.07) is 15.4. The van der Waals surface area contributed by atoms with Crippen LogP contribution in [0.2, 0.25) is 0 Å². The number of benzene rings is 2. The number of ether oxygens (including phenoxy) is 1. The van der Waals surface area contributed by atoms with Gasteiger partial charge in [0, 0.05) is 10.9 Å². The fourth-order valence-corrected chi connectivity index (χ4v) is 3.53. The van der Waals surface area contributed by atoms with E-state index < -0.39 is 0 Å². The van der Waals surface area contributed by atoms with Gasteiger partial charge in [-0.05, 0) is 39.7 Å². The molecule has 0 amide bonds. The van der Waals surface area contributed by atoms with Crippen LogP contribution in [0.1, 0.15) is 10.6 Å². The van der Waals surface area contributed by atoms with Crippen molar-refractivity contribution in [2.24, 2.45) is 0 Å². The highest BCUT2D eigenvalue weighted by Crippen LogP contribution is 2.36. The van der Waals surface area contributed by atoms with Crippen molar-refractivity contribution in [2.45, 2.75) is 0 Å². The first-order valence-corrected chi connectivity index (χ1v) is 8.99. The Hall–Kier alpha value is -2.62. The molecule has 0 fully saturated rings. The predicted octanol–water partition coefficient (Wildman–Crippen LogP) is 5.35. The number of phenolic OH excluding ortho intramolecular Hbond substituents is 1. The number of nitriles is 1. The van der Waals surface area contributed by atoms with E-state index in [1.54, 1.807) is 18.2 Å². The largest absolute Gasteiger partial charge is 0.503 e. The minimum Gasteiger partial charge on any atom is -0.503 e. The summed E-state index contributed by atoms with van der Waals surface area (Å²) in [6.45, 7) is 0. The van der Waals surface area contributed by atoms with Gasteiger partial charge < -0.3 is 9.84 Å². The van der Waals surface area contributed by atoms with Crippen molar-refractivity contribution in [1.82, 2.24) is 4.98 Å². The molecule has 3 aromatic rings. The van der Waals surface area contributed by atoms with Gasteiger partial charge in [0.05, 0.1) is 22.8 Å². The number of thiazole rings is 1. The molecule has 1 aromatic heterocycles. The van der Waals surface area contributed by atoms with E-state index in [0.29, 0.717) is 20.8 Å². The molecule has 6 heteroatoms. The van der Waals surface area contributed by atoms with Crippen molar-refractivity contribution in [3.8, 4) is 28.8 Å². The van der Waals surface area contributed by atoms with Gasteiger partial charge in [-0.15, -0.1) is 11.3 Å². The molecule has 0 saturated heterocycles. The number of aromatic hydroxyl groups is 1. The van der Waals surface area contributed by atoms with E-state index in [-0.39, 0.29) is 5.75 Å². The van der Waals surface area contributed by atoms with Crippen molar-refractivity contribution in [2.75, 3.05) is 7.11 Å². The predicted molar refractivity (Wildman–Crippen MR) is 103 cm³/mol. The molecule has 1 heterocycles. The van der Waals surface area contributed by atoms with Gasteiger partial charge in [-0.3, -0.25) is 0 Å². The Bertz CT molecular complexity index is 975. The zero-order valence-electron chi connectivity index (χ0n) is 13.2. The number of methoxy groups -OCH3 is 1. The second-order valence-corrected chi connectivity index (χ2v) is 6.84. The molecule has 0 bridgehead atoms. The van der Waals surface area contributed by atoms with Crippen molar-refractivity contribution in [3.05, 3.63) is 62.9 Å². The SMILES string of the molecule is COc1cc(C=C(C#N)c2nc(-c3ccccc3)cs2)cc(Br)c1O. The number of aromatic nitrogens is 1. The first kappa shape index (κ1) is 17.2. The summed E-state index contributed by atoms with van der Waals surface area (Å²) in [4.78, 5) is 4.57. The lowest BCUT2D eigenvalue weighted by Crippen LogP contribution is -1.87. The average molecular weight is 413 g/mol. The molecule has 0 aliphatic carbocycles. The fourth-order valence-electron chi connectivity index (χ4n) is 2.28. The lowest BCUT2D eigenvalue weighted by molar-refractivity contribution is 0.372. The molecule has 0 saturated carbocycles. The van der Waals surface area contributed by atoms with E-state index in [4.69, 9.17) is 4.74 Å². The van der Waals surface area contributed by atoms with Crippen LogP contribution in [-0.2, 0) is 0 Å². The highest BCUT2D eigenvalue weighted by atomic mass is 79.9. The lowest BCUT2D eigenvalue weighted by Gasteiger charge is -2.06. The van der Waals surface area contributed by atoms with Gasteiger partial charge in [0.25, 0.3) is 0 Å². The number of hydrogen-bond acceptors (Lipinski definition) is 5. The topological polar surface area (TPSA) is 66.1 Å². The summed E-state index contributed by atoms with van der Waals surface area (Å²) in [7, 11) is 1.48. The highest BCUT2D eigenvalue weighted by molar-refractivity contribution is 9.10. The number of halogens is 1. The van der Waals surface area contributed by atoms with Crippen molar-refractivity contribution >= 4 is 38.9 Å². The van der Waals surface area contributed by atoms with Gasteiger partial charge in [-0.2, -0.15) is 5.26 Å². The van der Waals surface area contributed by atoms with Crippen molar-refractivity contribution < 1.29 is 9.84 Å². The Morgan fingerprint density at radius 1 is 1.32 bits per heavy atom. The average Bonchev–Trinajstić information content (AvgIpc) is 3.13. The molecular formula is C19H13BrN2O2S. The molecule has 0 unspecified atom stereocenters. The third-order valence-electron chi connectivity index (χ3n) is 3.51. The first-order valence-electron chi connectivity index (χ1n) is 7.32. The van der Waals surface area contributed by atoms with Crippen molar-refractivity contribution in [1.29, 1.82) is 5.26 Å². The molecule has 0 aliphatic heterocycles. The molecule has 0 atom stereocenters. The van der Waals surface area contributed by atoms with Crippen molar-refractivity contribution in [3.63, 3.8) is 0 Å². The summed E-state index contributed by atoms with van der Waals surface area (Å²) < 4.78 is 5.64. The number of nitrogens with zero attached hydrogens (tertiary/aromatic N) is 2. The fraction of sp³-hybridized carbons (Fsp3) is 0.0526. The van der Waals surface area contributed by atoms with Gasteiger partial charge >= 0.3 is 0 Å². The molecule has 25 heavy (non-hydrogen) atoms. The van der Waals surface area contributed by atoms with Crippen LogP contribution < -0.4 is 4.74 Å². The zero-order chi connectivity index (χ0) is 17.8. The Morgan fingerprint density at radius 2 is 2.08 bits per heavy atom. The van der Waals surface area contributed by atoms with Gasteiger partial charge in [0.15, 0.2) is 11.5 Å². The third-order valence-corrected chi connectivity index (χ3v) is 4.99. The van der Waals surface area contributed by atoms with Crippen LogP contribution in [0.15, 0.2) is 52.3 Å². The number of hydrogen-bond donors (Lipinski definition) is 1. The second kappa shape index (κ2) is 7.51. The molecule has 3 rings (SSSR count). The maximum atomic E-state index is 9.89. The van der Waals surface area contributed by atoms with Gasteiger partial charge in [0.1, 0.15) is 11.1 Å². The molecule has 4 nitrogen and oxygen atoms in total. The molecule has 1 N–H and O–H groups in total. The minimum atomic E-state index is 0.0266. The second-order valence-electron chi connectivity index (χ2n) is 5.13. The minimum absolute atomic E-state index is 0.0266.